The van der Waals surface area contributed by atoms with Crippen LogP contribution in [-0.4, -0.2) is 18.2 Å². The minimum atomic E-state index is -0.427. The molecule has 0 saturated heterocycles. The van der Waals surface area contributed by atoms with Gasteiger partial charge in [0, 0.05) is 28.8 Å². The van der Waals surface area contributed by atoms with Crippen molar-refractivity contribution in [1.29, 1.82) is 0 Å². The lowest BCUT2D eigenvalue weighted by atomic mass is 10.0. The lowest BCUT2D eigenvalue weighted by molar-refractivity contribution is 0.199. The van der Waals surface area contributed by atoms with Gasteiger partial charge >= 0.3 is 0 Å². The van der Waals surface area contributed by atoms with Crippen molar-refractivity contribution in [1.82, 2.24) is 0 Å². The zero-order valence-corrected chi connectivity index (χ0v) is 11.9. The van der Waals surface area contributed by atoms with Gasteiger partial charge < -0.3 is 10.0 Å². The Morgan fingerprint density at radius 2 is 2.18 bits per heavy atom. The summed E-state index contributed by atoms with van der Waals surface area (Å²) in [6, 6.07) is 6.08. The van der Waals surface area contributed by atoms with Gasteiger partial charge in [-0.15, -0.1) is 0 Å². The lowest BCUT2D eigenvalue weighted by Gasteiger charge is -2.31. The molecule has 1 atom stereocenters. The van der Waals surface area contributed by atoms with Crippen LogP contribution in [-0.2, 0) is 0 Å². The summed E-state index contributed by atoms with van der Waals surface area (Å²) in [4.78, 5) is 2.34. The molecule has 1 aliphatic heterocycles. The highest BCUT2D eigenvalue weighted by Gasteiger charge is 2.16. The average Bonchev–Trinajstić information content (AvgIpc) is 2.28. The quantitative estimate of drug-likeness (QED) is 0.842. The molecule has 0 radical (unpaired) electrons. The molecule has 0 amide bonds. The first-order chi connectivity index (χ1) is 8.08. The minimum Gasteiger partial charge on any atom is -0.389 e. The third-order valence-corrected chi connectivity index (χ3v) is 3.61. The van der Waals surface area contributed by atoms with Gasteiger partial charge in [0.15, 0.2) is 0 Å². The Kier molecular flexibility index (Phi) is 3.89. The first-order valence-electron chi connectivity index (χ1n) is 5.96. The molecule has 0 spiro atoms. The number of hydrogen-bond acceptors (Lipinski definition) is 2. The van der Waals surface area contributed by atoms with Gasteiger partial charge in [-0.3, -0.25) is 0 Å². The summed E-state index contributed by atoms with van der Waals surface area (Å²) in [5, 5.41) is 9.84. The molecule has 1 N–H and O–H groups in total. The molecule has 1 aromatic rings. The van der Waals surface area contributed by atoms with Gasteiger partial charge in [0.2, 0.25) is 0 Å². The van der Waals surface area contributed by atoms with E-state index in [0.29, 0.717) is 0 Å². The molecule has 2 rings (SSSR count). The predicted octanol–water partition coefficient (Wildman–Crippen LogP) is 3.66. The third-order valence-electron chi connectivity index (χ3n) is 3.12. The molecular formula is C14H18BrNO. The van der Waals surface area contributed by atoms with Gasteiger partial charge in [-0.1, -0.05) is 33.6 Å². The van der Waals surface area contributed by atoms with Gasteiger partial charge in [-0.05, 0) is 32.4 Å². The van der Waals surface area contributed by atoms with E-state index in [4.69, 9.17) is 0 Å². The zero-order chi connectivity index (χ0) is 12.4. The number of anilines is 1. The zero-order valence-electron chi connectivity index (χ0n) is 10.3. The molecule has 92 valence electrons. The second-order valence-electron chi connectivity index (χ2n) is 4.64. The smallest absolute Gasteiger partial charge is 0.0782 e. The van der Waals surface area contributed by atoms with E-state index in [1.807, 2.05) is 19.1 Å². The van der Waals surface area contributed by atoms with E-state index < -0.39 is 6.10 Å². The van der Waals surface area contributed by atoms with Crippen molar-refractivity contribution in [3.05, 3.63) is 39.9 Å². The molecule has 0 aromatic heterocycles. The Balaban J connectivity index is 2.36. The Morgan fingerprint density at radius 3 is 2.82 bits per heavy atom. The summed E-state index contributed by atoms with van der Waals surface area (Å²) < 4.78 is 1.06. The minimum absolute atomic E-state index is 0.427. The van der Waals surface area contributed by atoms with Gasteiger partial charge in [0.25, 0.3) is 0 Å². The average molecular weight is 296 g/mol. The molecule has 1 aromatic carbocycles. The predicted molar refractivity (Wildman–Crippen MR) is 75.4 cm³/mol. The lowest BCUT2D eigenvalue weighted by Crippen LogP contribution is -2.30. The van der Waals surface area contributed by atoms with E-state index in [1.54, 1.807) is 0 Å². The summed E-state index contributed by atoms with van der Waals surface area (Å²) >= 11 is 3.50. The molecule has 0 bridgehead atoms. The number of aliphatic hydroxyl groups is 1. The fourth-order valence-electron chi connectivity index (χ4n) is 2.26. The van der Waals surface area contributed by atoms with Crippen LogP contribution in [0.3, 0.4) is 0 Å². The van der Waals surface area contributed by atoms with Crippen LogP contribution in [0.2, 0.25) is 0 Å². The Hall–Kier alpha value is -0.800. The van der Waals surface area contributed by atoms with Crippen LogP contribution >= 0.6 is 15.9 Å². The molecule has 0 saturated carbocycles. The van der Waals surface area contributed by atoms with Crippen molar-refractivity contribution >= 4 is 21.6 Å². The van der Waals surface area contributed by atoms with E-state index in [0.717, 1.165) is 35.2 Å². The molecule has 0 fully saturated rings. The maximum atomic E-state index is 9.84. The number of aliphatic hydroxyl groups excluding tert-OH is 1. The van der Waals surface area contributed by atoms with Crippen molar-refractivity contribution in [2.45, 2.75) is 26.4 Å². The van der Waals surface area contributed by atoms with Crippen molar-refractivity contribution in [3.8, 4) is 0 Å². The van der Waals surface area contributed by atoms with E-state index in [9.17, 15) is 5.11 Å². The fraction of sp³-hybridized carbons (Fsp3) is 0.429. The molecule has 0 aliphatic carbocycles. The van der Waals surface area contributed by atoms with Crippen LogP contribution in [0.25, 0.3) is 0 Å². The monoisotopic (exact) mass is 295 g/mol. The van der Waals surface area contributed by atoms with Gasteiger partial charge in [0.05, 0.1) is 6.10 Å². The summed E-state index contributed by atoms with van der Waals surface area (Å²) in [5.74, 6) is 0. The topological polar surface area (TPSA) is 23.5 Å². The van der Waals surface area contributed by atoms with Crippen LogP contribution < -0.4 is 4.90 Å². The summed E-state index contributed by atoms with van der Waals surface area (Å²) in [7, 11) is 0. The molecule has 2 nitrogen and oxygen atoms in total. The van der Waals surface area contributed by atoms with Gasteiger partial charge in [0.1, 0.15) is 0 Å². The highest BCUT2D eigenvalue weighted by Crippen LogP contribution is 2.31. The summed E-state index contributed by atoms with van der Waals surface area (Å²) in [6.07, 6.45) is 2.94. The van der Waals surface area contributed by atoms with Crippen molar-refractivity contribution in [3.63, 3.8) is 0 Å². The third kappa shape index (κ3) is 2.90. The van der Waals surface area contributed by atoms with Crippen LogP contribution in [0.4, 0.5) is 5.69 Å². The standard InChI is InChI=1S/C14H18BrNO/c1-10-4-3-7-16(9-10)14-8-12(15)5-6-13(14)11(2)17/h4-6,8,11,17H,3,7,9H2,1-2H3. The highest BCUT2D eigenvalue weighted by atomic mass is 79.9. The SMILES string of the molecule is CC1=CCCN(c2cc(Br)ccc2C(C)O)C1. The van der Waals surface area contributed by atoms with Crippen LogP contribution in [0, 0.1) is 0 Å². The second kappa shape index (κ2) is 5.23. The largest absolute Gasteiger partial charge is 0.389 e. The maximum Gasteiger partial charge on any atom is 0.0782 e. The first-order valence-corrected chi connectivity index (χ1v) is 6.75. The Bertz CT molecular complexity index is 440. The van der Waals surface area contributed by atoms with Crippen LogP contribution in [0.15, 0.2) is 34.3 Å². The molecule has 17 heavy (non-hydrogen) atoms. The maximum absolute atomic E-state index is 9.84. The van der Waals surface area contributed by atoms with Gasteiger partial charge in [-0.25, -0.2) is 0 Å². The van der Waals surface area contributed by atoms with E-state index in [1.165, 1.54) is 5.57 Å². The molecule has 3 heteroatoms. The molecule has 1 heterocycles. The van der Waals surface area contributed by atoms with Crippen LogP contribution in [0.1, 0.15) is 31.9 Å². The Morgan fingerprint density at radius 1 is 1.41 bits per heavy atom. The number of nitrogens with zero attached hydrogens (tertiary/aromatic N) is 1. The van der Waals surface area contributed by atoms with Crippen LogP contribution in [0.5, 0.6) is 0 Å². The molecule has 1 unspecified atom stereocenters. The Labute approximate surface area is 111 Å². The van der Waals surface area contributed by atoms with E-state index in [-0.39, 0.29) is 0 Å². The van der Waals surface area contributed by atoms with E-state index >= 15 is 0 Å². The number of hydrogen-bond donors (Lipinski definition) is 1. The van der Waals surface area contributed by atoms with E-state index in [2.05, 4.69) is 39.9 Å². The van der Waals surface area contributed by atoms with Crippen molar-refractivity contribution in [2.24, 2.45) is 0 Å². The van der Waals surface area contributed by atoms with Crippen molar-refractivity contribution < 1.29 is 5.11 Å². The summed E-state index contributed by atoms with van der Waals surface area (Å²) in [5.41, 5.74) is 3.54. The normalized spacial score (nSPS) is 17.9. The number of benzene rings is 1. The molecule has 1 aliphatic rings. The molecular weight excluding hydrogens is 278 g/mol. The second-order valence-corrected chi connectivity index (χ2v) is 5.56. The number of halogens is 1. The summed E-state index contributed by atoms with van der Waals surface area (Å²) in [6.45, 7) is 5.95. The number of rotatable bonds is 2. The van der Waals surface area contributed by atoms with Crippen molar-refractivity contribution in [2.75, 3.05) is 18.0 Å². The fourth-order valence-corrected chi connectivity index (χ4v) is 2.61. The highest BCUT2D eigenvalue weighted by molar-refractivity contribution is 9.10. The first kappa shape index (κ1) is 12.7. The van der Waals surface area contributed by atoms with Gasteiger partial charge in [-0.2, -0.15) is 0 Å².